The van der Waals surface area contributed by atoms with Gasteiger partial charge >= 0.3 is 6.18 Å². The van der Waals surface area contributed by atoms with Gasteiger partial charge in [-0.15, -0.1) is 0 Å². The average Bonchev–Trinajstić information content (AvgIpc) is 3.16. The summed E-state index contributed by atoms with van der Waals surface area (Å²) in [5.41, 5.74) is 0.236. The lowest BCUT2D eigenvalue weighted by Gasteiger charge is -2.13. The molecular weight excluding hydrogens is 365 g/mol. The fraction of sp³-hybridized carbons (Fsp3) is 0.353. The molecule has 0 saturated heterocycles. The summed E-state index contributed by atoms with van der Waals surface area (Å²) in [5.74, 6) is 0.586. The molecule has 0 saturated carbocycles. The first kappa shape index (κ1) is 18.8. The zero-order valence-electron chi connectivity index (χ0n) is 14.6. The van der Waals surface area contributed by atoms with Crippen LogP contribution in [0.4, 0.5) is 13.2 Å². The molecule has 0 amide bonds. The Kier molecular flexibility index (Phi) is 5.05. The zero-order chi connectivity index (χ0) is 19.1. The standard InChI is InChI=1S/C17H20F3N4OS/c1-4-24-14-10-12(17(18,19)20)7-8-13(14)21-16(24)11(2)22-26(25)15-6-5-9-23(15)3/h5-11,22,25H,4H2,1-3H3/q+1/t11-,26?/m1/s1. The van der Waals surface area contributed by atoms with Crippen molar-refractivity contribution >= 4 is 22.4 Å². The van der Waals surface area contributed by atoms with Crippen LogP contribution in [-0.2, 0) is 31.1 Å². The highest BCUT2D eigenvalue weighted by Crippen LogP contribution is 2.32. The number of imidazole rings is 1. The number of hydrogen-bond acceptors (Lipinski definition) is 3. The van der Waals surface area contributed by atoms with Crippen molar-refractivity contribution in [2.45, 2.75) is 37.6 Å². The van der Waals surface area contributed by atoms with Crippen LogP contribution in [0.5, 0.6) is 0 Å². The van der Waals surface area contributed by atoms with Crippen LogP contribution >= 0.6 is 0 Å². The molecule has 0 spiro atoms. The van der Waals surface area contributed by atoms with Gasteiger partial charge in [0, 0.05) is 25.9 Å². The number of hydrogen-bond donors (Lipinski definition) is 2. The van der Waals surface area contributed by atoms with Crippen molar-refractivity contribution in [2.75, 3.05) is 0 Å². The van der Waals surface area contributed by atoms with Gasteiger partial charge in [-0.05, 0) is 38.1 Å². The van der Waals surface area contributed by atoms with E-state index < -0.39 is 23.1 Å². The Balaban J connectivity index is 1.95. The van der Waals surface area contributed by atoms with Crippen molar-refractivity contribution < 1.29 is 17.7 Å². The summed E-state index contributed by atoms with van der Waals surface area (Å²) in [4.78, 5) is 4.48. The number of fused-ring (bicyclic) bond motifs is 1. The lowest BCUT2D eigenvalue weighted by Crippen LogP contribution is -2.29. The molecule has 3 rings (SSSR count). The summed E-state index contributed by atoms with van der Waals surface area (Å²) in [6.45, 7) is 4.16. The van der Waals surface area contributed by atoms with E-state index in [9.17, 15) is 17.7 Å². The Morgan fingerprint density at radius 3 is 2.62 bits per heavy atom. The number of nitrogens with zero attached hydrogens (tertiary/aromatic N) is 3. The van der Waals surface area contributed by atoms with Crippen LogP contribution in [0.1, 0.15) is 31.3 Å². The quantitative estimate of drug-likeness (QED) is 0.650. The number of aromatic nitrogens is 3. The third-order valence-electron chi connectivity index (χ3n) is 4.19. The fourth-order valence-corrected chi connectivity index (χ4v) is 4.01. The van der Waals surface area contributed by atoms with Gasteiger partial charge in [0.2, 0.25) is 0 Å². The monoisotopic (exact) mass is 385 g/mol. The summed E-state index contributed by atoms with van der Waals surface area (Å²) in [5, 5.41) is 0.718. The summed E-state index contributed by atoms with van der Waals surface area (Å²) in [6, 6.07) is 6.84. The molecule has 2 aromatic heterocycles. The molecule has 2 N–H and O–H groups in total. The predicted molar refractivity (Wildman–Crippen MR) is 95.6 cm³/mol. The SMILES string of the molecule is CCn1c([C@@H](C)N[S+](O)c2cccn2C)nc2ccc(C(F)(F)F)cc21. The number of nitrogens with one attached hydrogen (secondary N) is 1. The van der Waals surface area contributed by atoms with Crippen molar-refractivity contribution in [1.29, 1.82) is 0 Å². The van der Waals surface area contributed by atoms with E-state index in [4.69, 9.17) is 0 Å². The van der Waals surface area contributed by atoms with Crippen molar-refractivity contribution in [3.05, 3.63) is 47.9 Å². The third kappa shape index (κ3) is 3.46. The van der Waals surface area contributed by atoms with Crippen molar-refractivity contribution in [1.82, 2.24) is 18.8 Å². The van der Waals surface area contributed by atoms with E-state index in [-0.39, 0.29) is 6.04 Å². The first-order chi connectivity index (χ1) is 12.2. The Morgan fingerprint density at radius 2 is 2.04 bits per heavy atom. The fourth-order valence-electron chi connectivity index (χ4n) is 2.91. The maximum atomic E-state index is 13.0. The molecule has 2 heterocycles. The molecule has 1 unspecified atom stereocenters. The van der Waals surface area contributed by atoms with Crippen LogP contribution in [-0.4, -0.2) is 18.7 Å². The topological polar surface area (TPSA) is 55.0 Å². The first-order valence-corrected chi connectivity index (χ1v) is 9.28. The molecule has 5 nitrogen and oxygen atoms in total. The number of alkyl halides is 3. The minimum absolute atomic E-state index is 0.347. The molecule has 0 aliphatic rings. The van der Waals surface area contributed by atoms with Crippen LogP contribution in [0.15, 0.2) is 41.6 Å². The Morgan fingerprint density at radius 1 is 1.31 bits per heavy atom. The van der Waals surface area contributed by atoms with Crippen molar-refractivity contribution in [2.24, 2.45) is 7.05 Å². The van der Waals surface area contributed by atoms with Crippen LogP contribution < -0.4 is 4.72 Å². The highest BCUT2D eigenvalue weighted by atomic mass is 32.2. The number of aryl methyl sites for hydroxylation is 2. The molecule has 0 aliphatic heterocycles. The van der Waals surface area contributed by atoms with Crippen molar-refractivity contribution in [3.63, 3.8) is 0 Å². The smallest absolute Gasteiger partial charge is 0.327 e. The largest absolute Gasteiger partial charge is 0.416 e. The van der Waals surface area contributed by atoms with Gasteiger partial charge in [-0.25, -0.2) is 4.98 Å². The van der Waals surface area contributed by atoms with E-state index in [0.717, 1.165) is 17.2 Å². The lowest BCUT2D eigenvalue weighted by molar-refractivity contribution is -0.137. The summed E-state index contributed by atoms with van der Waals surface area (Å²) in [6.07, 6.45) is -2.57. The maximum Gasteiger partial charge on any atom is 0.416 e. The molecular formula is C17H20F3N4OS+. The van der Waals surface area contributed by atoms with Crippen LogP contribution in [0.25, 0.3) is 11.0 Å². The molecule has 140 valence electrons. The summed E-state index contributed by atoms with van der Waals surface area (Å²) < 4.78 is 56.1. The van der Waals surface area contributed by atoms with E-state index in [1.165, 1.54) is 6.07 Å². The van der Waals surface area contributed by atoms with E-state index in [1.54, 1.807) is 15.2 Å². The molecule has 9 heteroatoms. The second kappa shape index (κ2) is 6.98. The zero-order valence-corrected chi connectivity index (χ0v) is 15.4. The number of halogens is 3. The van der Waals surface area contributed by atoms with Gasteiger partial charge in [0.25, 0.3) is 16.4 Å². The van der Waals surface area contributed by atoms with Gasteiger partial charge in [-0.1, -0.05) is 4.72 Å². The number of rotatable bonds is 5. The van der Waals surface area contributed by atoms with Gasteiger partial charge < -0.3 is 9.13 Å². The highest BCUT2D eigenvalue weighted by molar-refractivity contribution is 7.89. The second-order valence-corrected chi connectivity index (χ2v) is 7.22. The van der Waals surface area contributed by atoms with Gasteiger partial charge in [-0.3, -0.25) is 0 Å². The molecule has 2 atom stereocenters. The maximum absolute atomic E-state index is 13.0. The Bertz CT molecular complexity index is 919. The van der Waals surface area contributed by atoms with E-state index in [0.29, 0.717) is 23.4 Å². The van der Waals surface area contributed by atoms with Crippen LogP contribution in [0.2, 0.25) is 0 Å². The summed E-state index contributed by atoms with van der Waals surface area (Å²) in [7, 11) is 1.83. The normalized spacial score (nSPS) is 14.7. The molecule has 1 aromatic carbocycles. The predicted octanol–water partition coefficient (Wildman–Crippen LogP) is 4.13. The average molecular weight is 385 g/mol. The van der Waals surface area contributed by atoms with Crippen LogP contribution in [0.3, 0.4) is 0 Å². The Labute approximate surface area is 152 Å². The Hall–Kier alpha value is -1.97. The first-order valence-electron chi connectivity index (χ1n) is 8.10. The van der Waals surface area contributed by atoms with E-state index in [2.05, 4.69) is 9.71 Å². The summed E-state index contributed by atoms with van der Waals surface area (Å²) >= 11 is -1.22. The van der Waals surface area contributed by atoms with Gasteiger partial charge in [0.15, 0.2) is 0 Å². The molecule has 0 aliphatic carbocycles. The highest BCUT2D eigenvalue weighted by Gasteiger charge is 2.32. The van der Waals surface area contributed by atoms with Gasteiger partial charge in [-0.2, -0.15) is 17.7 Å². The lowest BCUT2D eigenvalue weighted by atomic mass is 10.2. The molecule has 0 radical (unpaired) electrons. The van der Waals surface area contributed by atoms with Gasteiger partial charge in [0.1, 0.15) is 11.9 Å². The minimum Gasteiger partial charge on any atom is -0.327 e. The minimum atomic E-state index is -4.40. The molecule has 3 aromatic rings. The van der Waals surface area contributed by atoms with E-state index in [1.807, 2.05) is 33.2 Å². The van der Waals surface area contributed by atoms with Gasteiger partial charge in [0.05, 0.1) is 16.6 Å². The molecule has 26 heavy (non-hydrogen) atoms. The molecule has 0 bridgehead atoms. The third-order valence-corrected chi connectivity index (χ3v) is 5.59. The number of benzene rings is 1. The van der Waals surface area contributed by atoms with Crippen molar-refractivity contribution in [3.8, 4) is 0 Å². The second-order valence-electron chi connectivity index (χ2n) is 6.00. The van der Waals surface area contributed by atoms with E-state index >= 15 is 0 Å². The van der Waals surface area contributed by atoms with Crippen LogP contribution in [0, 0.1) is 0 Å². The molecule has 0 fully saturated rings.